The Balaban J connectivity index is 1.66. The monoisotopic (exact) mass is 393 g/mol. The molecule has 4 nitrogen and oxygen atoms in total. The number of ether oxygens (including phenoxy) is 1. The average molecular weight is 394 g/mol. The van der Waals surface area contributed by atoms with Crippen LogP contribution in [0.15, 0.2) is 39.4 Å². The van der Waals surface area contributed by atoms with E-state index in [0.717, 1.165) is 29.9 Å². The molecule has 1 aromatic heterocycles. The second kappa shape index (κ2) is 8.92. The molecule has 0 fully saturated rings. The lowest BCUT2D eigenvalue weighted by Crippen LogP contribution is -2.25. The maximum absolute atomic E-state index is 12.1. The minimum atomic E-state index is 0.120. The lowest BCUT2D eigenvalue weighted by atomic mass is 10.1. The van der Waals surface area contributed by atoms with E-state index in [-0.39, 0.29) is 5.91 Å². The van der Waals surface area contributed by atoms with Crippen molar-refractivity contribution in [1.82, 2.24) is 4.90 Å². The van der Waals surface area contributed by atoms with Crippen LogP contribution in [-0.4, -0.2) is 24.5 Å². The van der Waals surface area contributed by atoms with E-state index in [1.54, 1.807) is 11.9 Å². The highest BCUT2D eigenvalue weighted by Gasteiger charge is 2.11. The van der Waals surface area contributed by atoms with Crippen LogP contribution in [0.2, 0.25) is 0 Å². The number of benzene rings is 1. The molecule has 0 saturated heterocycles. The fourth-order valence-corrected chi connectivity index (χ4v) is 2.71. The first-order valence-corrected chi connectivity index (χ1v) is 8.93. The maximum atomic E-state index is 12.1. The lowest BCUT2D eigenvalue weighted by Gasteiger charge is -2.15. The summed E-state index contributed by atoms with van der Waals surface area (Å²) in [6.07, 6.45) is 2.20. The van der Waals surface area contributed by atoms with Crippen molar-refractivity contribution in [3.05, 3.63) is 51.9 Å². The molecular formula is C19H24BrNO3. The Kier molecular flexibility index (Phi) is 6.91. The van der Waals surface area contributed by atoms with Gasteiger partial charge in [0.15, 0.2) is 4.67 Å². The Hall–Kier alpha value is -1.75. The highest BCUT2D eigenvalue weighted by molar-refractivity contribution is 9.10. The van der Waals surface area contributed by atoms with Crippen molar-refractivity contribution in [1.29, 1.82) is 0 Å². The molecular weight excluding hydrogens is 370 g/mol. The number of carbonyl (C=O) groups is 1. The van der Waals surface area contributed by atoms with E-state index in [1.807, 2.05) is 19.1 Å². The summed E-state index contributed by atoms with van der Waals surface area (Å²) in [5.74, 6) is 1.83. The van der Waals surface area contributed by atoms with Gasteiger partial charge in [-0.3, -0.25) is 4.79 Å². The molecule has 0 N–H and O–H groups in total. The van der Waals surface area contributed by atoms with Crippen molar-refractivity contribution in [3.63, 3.8) is 0 Å². The second-order valence-electron chi connectivity index (χ2n) is 6.03. The molecule has 1 aromatic carbocycles. The fraction of sp³-hybridized carbons (Fsp3) is 0.421. The van der Waals surface area contributed by atoms with Crippen molar-refractivity contribution in [2.75, 3.05) is 13.7 Å². The minimum absolute atomic E-state index is 0.120. The summed E-state index contributed by atoms with van der Waals surface area (Å²) in [7, 11) is 1.80. The third-order valence-electron chi connectivity index (χ3n) is 3.83. The van der Waals surface area contributed by atoms with Crippen LogP contribution in [0.5, 0.6) is 5.75 Å². The van der Waals surface area contributed by atoms with Crippen molar-refractivity contribution in [3.8, 4) is 5.75 Å². The van der Waals surface area contributed by atoms with E-state index in [9.17, 15) is 4.79 Å². The Bertz CT molecular complexity index is 681. The molecule has 130 valence electrons. The van der Waals surface area contributed by atoms with Crippen LogP contribution >= 0.6 is 15.9 Å². The Morgan fingerprint density at radius 2 is 2.00 bits per heavy atom. The number of carbonyl (C=O) groups excluding carboxylic acids is 1. The van der Waals surface area contributed by atoms with Gasteiger partial charge in [-0.15, -0.1) is 0 Å². The van der Waals surface area contributed by atoms with Crippen LogP contribution in [0.1, 0.15) is 36.1 Å². The molecule has 2 rings (SSSR count). The molecule has 2 aromatic rings. The van der Waals surface area contributed by atoms with E-state index in [4.69, 9.17) is 9.15 Å². The highest BCUT2D eigenvalue weighted by atomic mass is 79.9. The maximum Gasteiger partial charge on any atom is 0.222 e. The van der Waals surface area contributed by atoms with Crippen LogP contribution in [-0.2, 0) is 11.3 Å². The number of furan rings is 1. The molecule has 0 aliphatic rings. The number of unbranched alkanes of at least 4 members (excludes halogenated alkanes) is 1. The number of aryl methyl sites for hydroxylation is 2. The number of halogens is 1. The zero-order chi connectivity index (χ0) is 17.5. The molecule has 1 amide bonds. The van der Waals surface area contributed by atoms with Gasteiger partial charge >= 0.3 is 0 Å². The minimum Gasteiger partial charge on any atom is -0.493 e. The van der Waals surface area contributed by atoms with Crippen molar-refractivity contribution in [2.24, 2.45) is 0 Å². The average Bonchev–Trinajstić information content (AvgIpc) is 2.95. The summed E-state index contributed by atoms with van der Waals surface area (Å²) < 4.78 is 11.9. The Morgan fingerprint density at radius 1 is 1.21 bits per heavy atom. The van der Waals surface area contributed by atoms with E-state index >= 15 is 0 Å². The molecule has 0 aliphatic heterocycles. The zero-order valence-electron chi connectivity index (χ0n) is 14.5. The Morgan fingerprint density at radius 3 is 2.71 bits per heavy atom. The number of hydrogen-bond acceptors (Lipinski definition) is 3. The van der Waals surface area contributed by atoms with Crippen molar-refractivity contribution < 1.29 is 13.9 Å². The van der Waals surface area contributed by atoms with Crippen LogP contribution in [0, 0.1) is 13.8 Å². The number of amides is 1. The first-order chi connectivity index (χ1) is 11.5. The van der Waals surface area contributed by atoms with Crippen LogP contribution in [0.3, 0.4) is 0 Å². The van der Waals surface area contributed by atoms with Gasteiger partial charge < -0.3 is 14.1 Å². The van der Waals surface area contributed by atoms with Gasteiger partial charge in [-0.05, 0) is 71.9 Å². The van der Waals surface area contributed by atoms with Crippen LogP contribution < -0.4 is 4.74 Å². The number of nitrogens with zero attached hydrogens (tertiary/aromatic N) is 1. The van der Waals surface area contributed by atoms with Gasteiger partial charge in [0.25, 0.3) is 0 Å². The van der Waals surface area contributed by atoms with Crippen molar-refractivity contribution in [2.45, 2.75) is 39.7 Å². The molecule has 5 heteroatoms. The smallest absolute Gasteiger partial charge is 0.222 e. The number of hydrogen-bond donors (Lipinski definition) is 0. The molecule has 0 aliphatic carbocycles. The van der Waals surface area contributed by atoms with Gasteiger partial charge in [-0.1, -0.05) is 12.1 Å². The first kappa shape index (κ1) is 18.6. The molecule has 0 unspecified atom stereocenters. The predicted octanol–water partition coefficient (Wildman–Crippen LogP) is 4.87. The molecule has 1 heterocycles. The van der Waals surface area contributed by atoms with Crippen LogP contribution in [0.25, 0.3) is 0 Å². The van der Waals surface area contributed by atoms with Gasteiger partial charge in [0.05, 0.1) is 13.2 Å². The molecule has 0 radical (unpaired) electrons. The summed E-state index contributed by atoms with van der Waals surface area (Å²) >= 11 is 3.26. The summed E-state index contributed by atoms with van der Waals surface area (Å²) in [6, 6.07) is 9.89. The molecule has 0 bridgehead atoms. The highest BCUT2D eigenvalue weighted by Crippen LogP contribution is 2.19. The third kappa shape index (κ3) is 5.71. The molecule has 0 spiro atoms. The van der Waals surface area contributed by atoms with Crippen molar-refractivity contribution >= 4 is 21.8 Å². The zero-order valence-corrected chi connectivity index (χ0v) is 16.1. The largest absolute Gasteiger partial charge is 0.493 e. The van der Waals surface area contributed by atoms with Gasteiger partial charge in [0.1, 0.15) is 11.5 Å². The van der Waals surface area contributed by atoms with Crippen LogP contribution in [0.4, 0.5) is 0 Å². The van der Waals surface area contributed by atoms with E-state index in [1.165, 1.54) is 5.56 Å². The topological polar surface area (TPSA) is 42.7 Å². The number of rotatable bonds is 8. The Labute approximate surface area is 151 Å². The summed E-state index contributed by atoms with van der Waals surface area (Å²) in [4.78, 5) is 13.8. The van der Waals surface area contributed by atoms with Gasteiger partial charge in [0.2, 0.25) is 5.91 Å². The quantitative estimate of drug-likeness (QED) is 0.600. The molecule has 0 atom stereocenters. The molecule has 24 heavy (non-hydrogen) atoms. The summed E-state index contributed by atoms with van der Waals surface area (Å²) in [5, 5.41) is 0. The van der Waals surface area contributed by atoms with Gasteiger partial charge in [-0.25, -0.2) is 0 Å². The first-order valence-electron chi connectivity index (χ1n) is 8.14. The van der Waals surface area contributed by atoms with Gasteiger partial charge in [0, 0.05) is 13.5 Å². The lowest BCUT2D eigenvalue weighted by molar-refractivity contribution is -0.130. The standard InChI is InChI=1S/C19H24BrNO3/c1-14-7-8-15(2)17(12-14)23-11-5-4-6-19(22)21(3)13-16-9-10-18(20)24-16/h7-10,12H,4-6,11,13H2,1-3H3. The van der Waals surface area contributed by atoms with E-state index in [0.29, 0.717) is 24.2 Å². The van der Waals surface area contributed by atoms with E-state index < -0.39 is 0 Å². The molecule has 0 saturated carbocycles. The normalized spacial score (nSPS) is 10.7. The third-order valence-corrected chi connectivity index (χ3v) is 4.26. The fourth-order valence-electron chi connectivity index (χ4n) is 2.37. The van der Waals surface area contributed by atoms with E-state index in [2.05, 4.69) is 41.1 Å². The summed E-state index contributed by atoms with van der Waals surface area (Å²) in [6.45, 7) is 5.22. The predicted molar refractivity (Wildman–Crippen MR) is 98.1 cm³/mol. The summed E-state index contributed by atoms with van der Waals surface area (Å²) in [5.41, 5.74) is 2.33. The van der Waals surface area contributed by atoms with Gasteiger partial charge in [-0.2, -0.15) is 0 Å². The second-order valence-corrected chi connectivity index (χ2v) is 6.81. The SMILES string of the molecule is Cc1ccc(C)c(OCCCCC(=O)N(C)Cc2ccc(Br)o2)c1.